The molecule has 2 N–H and O–H groups in total. The molecule has 1 atom stereocenters. The van der Waals surface area contributed by atoms with Gasteiger partial charge in [0, 0.05) is 30.9 Å². The SMILES string of the molecule is CCn1c(N2CCOCC2)nc2c([C@@H](C)Nc3ccccc3C(=O)O)cccc2c1=O. The minimum atomic E-state index is -0.994. The number of carbonyl (C=O) groups is 1. The minimum Gasteiger partial charge on any atom is -0.478 e. The Kier molecular flexibility index (Phi) is 5.90. The number of carboxylic acids is 1. The molecule has 0 radical (unpaired) electrons. The second-order valence-electron chi connectivity index (χ2n) is 7.52. The van der Waals surface area contributed by atoms with Crippen LogP contribution in [-0.4, -0.2) is 46.9 Å². The van der Waals surface area contributed by atoms with Gasteiger partial charge in [0.05, 0.1) is 35.7 Å². The largest absolute Gasteiger partial charge is 0.478 e. The Hall–Kier alpha value is -3.39. The Balaban J connectivity index is 1.80. The maximum Gasteiger partial charge on any atom is 0.337 e. The van der Waals surface area contributed by atoms with Gasteiger partial charge < -0.3 is 20.1 Å². The summed E-state index contributed by atoms with van der Waals surface area (Å²) < 4.78 is 7.16. The zero-order valence-corrected chi connectivity index (χ0v) is 17.7. The molecule has 2 heterocycles. The molecule has 1 fully saturated rings. The number of hydrogen-bond donors (Lipinski definition) is 2. The zero-order chi connectivity index (χ0) is 22.0. The number of carboxylic acid groups (broad SMARTS) is 1. The highest BCUT2D eigenvalue weighted by Gasteiger charge is 2.21. The summed E-state index contributed by atoms with van der Waals surface area (Å²) in [6.07, 6.45) is 0. The van der Waals surface area contributed by atoms with Crippen LogP contribution in [-0.2, 0) is 11.3 Å². The number of aromatic carboxylic acids is 1. The average Bonchev–Trinajstić information content (AvgIpc) is 2.79. The van der Waals surface area contributed by atoms with Gasteiger partial charge in [0.2, 0.25) is 5.95 Å². The number of fused-ring (bicyclic) bond motifs is 1. The van der Waals surface area contributed by atoms with E-state index in [1.54, 1.807) is 34.9 Å². The quantitative estimate of drug-likeness (QED) is 0.630. The number of ether oxygens (including phenoxy) is 1. The first-order valence-corrected chi connectivity index (χ1v) is 10.5. The monoisotopic (exact) mass is 422 g/mol. The van der Waals surface area contributed by atoms with Gasteiger partial charge in [0.15, 0.2) is 0 Å². The van der Waals surface area contributed by atoms with Crippen LogP contribution in [0.1, 0.15) is 35.8 Å². The molecule has 3 aromatic rings. The van der Waals surface area contributed by atoms with E-state index in [1.165, 1.54) is 0 Å². The van der Waals surface area contributed by atoms with Gasteiger partial charge in [0.1, 0.15) is 0 Å². The minimum absolute atomic E-state index is 0.0750. The third-order valence-electron chi connectivity index (χ3n) is 5.60. The number of aromatic nitrogens is 2. The summed E-state index contributed by atoms with van der Waals surface area (Å²) in [7, 11) is 0. The van der Waals surface area contributed by atoms with Gasteiger partial charge in [-0.2, -0.15) is 0 Å². The Morgan fingerprint density at radius 1 is 1.19 bits per heavy atom. The van der Waals surface area contributed by atoms with Crippen molar-refractivity contribution in [1.82, 2.24) is 9.55 Å². The fourth-order valence-corrected chi connectivity index (χ4v) is 4.00. The lowest BCUT2D eigenvalue weighted by Crippen LogP contribution is -2.40. The molecule has 31 heavy (non-hydrogen) atoms. The lowest BCUT2D eigenvalue weighted by Gasteiger charge is -2.30. The number of anilines is 2. The Bertz CT molecular complexity index is 1170. The molecular weight excluding hydrogens is 396 g/mol. The number of rotatable bonds is 6. The molecule has 0 aliphatic carbocycles. The predicted molar refractivity (Wildman–Crippen MR) is 120 cm³/mol. The van der Waals surface area contributed by atoms with Gasteiger partial charge in [-0.25, -0.2) is 9.78 Å². The van der Waals surface area contributed by atoms with Gasteiger partial charge in [0.25, 0.3) is 5.56 Å². The molecule has 0 saturated carbocycles. The van der Waals surface area contributed by atoms with Crippen LogP contribution >= 0.6 is 0 Å². The van der Waals surface area contributed by atoms with Crippen LogP contribution in [0.4, 0.5) is 11.6 Å². The van der Waals surface area contributed by atoms with Crippen molar-refractivity contribution < 1.29 is 14.6 Å². The second-order valence-corrected chi connectivity index (χ2v) is 7.52. The molecule has 0 spiro atoms. The van der Waals surface area contributed by atoms with Crippen molar-refractivity contribution in [1.29, 1.82) is 0 Å². The molecule has 1 aliphatic rings. The maximum absolute atomic E-state index is 13.3. The van der Waals surface area contributed by atoms with E-state index < -0.39 is 5.97 Å². The van der Waals surface area contributed by atoms with E-state index >= 15 is 0 Å². The fraction of sp³-hybridized carbons (Fsp3) is 0.348. The fourth-order valence-electron chi connectivity index (χ4n) is 4.00. The zero-order valence-electron chi connectivity index (χ0n) is 17.7. The van der Waals surface area contributed by atoms with Crippen molar-refractivity contribution in [2.24, 2.45) is 0 Å². The van der Waals surface area contributed by atoms with E-state index in [-0.39, 0.29) is 17.2 Å². The first kappa shape index (κ1) is 20.9. The van der Waals surface area contributed by atoms with Gasteiger partial charge in [-0.1, -0.05) is 24.3 Å². The van der Waals surface area contributed by atoms with E-state index in [2.05, 4.69) is 10.2 Å². The van der Waals surface area contributed by atoms with E-state index in [9.17, 15) is 14.7 Å². The van der Waals surface area contributed by atoms with Crippen LogP contribution in [0.5, 0.6) is 0 Å². The molecule has 0 amide bonds. The summed E-state index contributed by atoms with van der Waals surface area (Å²) in [5.41, 5.74) is 2.12. The Morgan fingerprint density at radius 3 is 2.65 bits per heavy atom. The standard InChI is InChI=1S/C23H26N4O4/c1-3-27-21(28)18-9-6-8-16(20(18)25-23(27)26-11-13-31-14-12-26)15(2)24-19-10-5-4-7-17(19)22(29)30/h4-10,15,24H,3,11-14H2,1-2H3,(H,29,30)/t15-/m1/s1. The highest BCUT2D eigenvalue weighted by atomic mass is 16.5. The number of para-hydroxylation sites is 2. The van der Waals surface area contributed by atoms with Crippen LogP contribution in [0.2, 0.25) is 0 Å². The van der Waals surface area contributed by atoms with Crippen molar-refractivity contribution in [3.8, 4) is 0 Å². The Morgan fingerprint density at radius 2 is 1.94 bits per heavy atom. The summed E-state index contributed by atoms with van der Waals surface area (Å²) in [5.74, 6) is -0.347. The topological polar surface area (TPSA) is 96.7 Å². The number of nitrogens with zero attached hydrogens (tertiary/aromatic N) is 3. The van der Waals surface area contributed by atoms with Gasteiger partial charge >= 0.3 is 5.97 Å². The van der Waals surface area contributed by atoms with Crippen molar-refractivity contribution >= 4 is 28.5 Å². The molecular formula is C23H26N4O4. The smallest absolute Gasteiger partial charge is 0.337 e. The van der Waals surface area contributed by atoms with E-state index in [4.69, 9.17) is 9.72 Å². The second kappa shape index (κ2) is 8.77. The van der Waals surface area contributed by atoms with Gasteiger partial charge in [-0.3, -0.25) is 9.36 Å². The molecule has 0 bridgehead atoms. The van der Waals surface area contributed by atoms with Crippen LogP contribution < -0.4 is 15.8 Å². The van der Waals surface area contributed by atoms with Gasteiger partial charge in [-0.05, 0) is 32.0 Å². The summed E-state index contributed by atoms with van der Waals surface area (Å²) in [5, 5.41) is 13.3. The van der Waals surface area contributed by atoms with Crippen LogP contribution in [0.15, 0.2) is 47.3 Å². The van der Waals surface area contributed by atoms with Crippen molar-refractivity contribution in [3.05, 3.63) is 63.9 Å². The molecule has 1 saturated heterocycles. The van der Waals surface area contributed by atoms with Crippen molar-refractivity contribution in [2.75, 3.05) is 36.5 Å². The lowest BCUT2D eigenvalue weighted by atomic mass is 10.0. The number of nitrogens with one attached hydrogen (secondary N) is 1. The molecule has 8 nitrogen and oxygen atoms in total. The summed E-state index contributed by atoms with van der Waals surface area (Å²) >= 11 is 0. The van der Waals surface area contributed by atoms with Crippen LogP contribution in [0.3, 0.4) is 0 Å². The number of benzene rings is 2. The number of morpholine rings is 1. The molecule has 0 unspecified atom stereocenters. The maximum atomic E-state index is 13.3. The van der Waals surface area contributed by atoms with Crippen molar-refractivity contribution in [2.45, 2.75) is 26.4 Å². The first-order valence-electron chi connectivity index (χ1n) is 10.5. The van der Waals surface area contributed by atoms with E-state index in [1.807, 2.05) is 26.0 Å². The lowest BCUT2D eigenvalue weighted by molar-refractivity contribution is 0.0698. The predicted octanol–water partition coefficient (Wildman–Crippen LogP) is 3.12. The molecule has 2 aromatic carbocycles. The highest BCUT2D eigenvalue weighted by Crippen LogP contribution is 2.28. The summed E-state index contributed by atoms with van der Waals surface area (Å²) in [4.78, 5) is 31.9. The molecule has 1 aliphatic heterocycles. The van der Waals surface area contributed by atoms with Gasteiger partial charge in [-0.15, -0.1) is 0 Å². The molecule has 162 valence electrons. The molecule has 4 rings (SSSR count). The van der Waals surface area contributed by atoms with Crippen LogP contribution in [0.25, 0.3) is 10.9 Å². The third-order valence-corrected chi connectivity index (χ3v) is 5.60. The normalized spacial score (nSPS) is 15.1. The van der Waals surface area contributed by atoms with Crippen LogP contribution in [0, 0.1) is 0 Å². The highest BCUT2D eigenvalue weighted by molar-refractivity contribution is 5.94. The third kappa shape index (κ3) is 3.98. The molecule has 8 heteroatoms. The Labute approximate surface area is 180 Å². The van der Waals surface area contributed by atoms with E-state index in [0.717, 1.165) is 5.56 Å². The first-order chi connectivity index (χ1) is 15.0. The average molecular weight is 422 g/mol. The number of hydrogen-bond acceptors (Lipinski definition) is 6. The molecule has 1 aromatic heterocycles. The summed E-state index contributed by atoms with van der Waals surface area (Å²) in [6.45, 7) is 6.97. The van der Waals surface area contributed by atoms with Crippen molar-refractivity contribution in [3.63, 3.8) is 0 Å². The summed E-state index contributed by atoms with van der Waals surface area (Å²) in [6, 6.07) is 12.1. The van der Waals surface area contributed by atoms with E-state index in [0.29, 0.717) is 55.4 Å².